The van der Waals surface area contributed by atoms with E-state index in [0.717, 1.165) is 0 Å². The number of nitro benzene ring substituents is 1. The standard InChI is InChI=1S/C12H16N4O4/c1-12(18)5-6-15(7-12)11(17)8-3-2-4-9(14-13)10(8)16(19)20/h2-4,14,18H,5-7,13H2,1H3. The summed E-state index contributed by atoms with van der Waals surface area (Å²) in [6.45, 7) is 2.15. The third kappa shape index (κ3) is 2.56. The first-order chi connectivity index (χ1) is 9.35. The number of hydrogen-bond acceptors (Lipinski definition) is 6. The van der Waals surface area contributed by atoms with Crippen molar-refractivity contribution in [2.24, 2.45) is 5.84 Å². The van der Waals surface area contributed by atoms with Crippen LogP contribution in [0.3, 0.4) is 0 Å². The van der Waals surface area contributed by atoms with Gasteiger partial charge in [-0.2, -0.15) is 0 Å². The van der Waals surface area contributed by atoms with Crippen molar-refractivity contribution in [2.75, 3.05) is 18.5 Å². The number of nitrogen functional groups attached to an aromatic ring is 1. The smallest absolute Gasteiger partial charge is 0.306 e. The van der Waals surface area contributed by atoms with Crippen LogP contribution < -0.4 is 11.3 Å². The van der Waals surface area contributed by atoms with E-state index in [1.54, 1.807) is 6.92 Å². The number of carbonyl (C=O) groups excluding carboxylic acids is 1. The van der Waals surface area contributed by atoms with Crippen molar-refractivity contribution in [3.8, 4) is 0 Å². The molecule has 0 aliphatic carbocycles. The first-order valence-corrected chi connectivity index (χ1v) is 6.11. The Morgan fingerprint density at radius 3 is 2.80 bits per heavy atom. The van der Waals surface area contributed by atoms with E-state index in [-0.39, 0.29) is 23.5 Å². The number of para-hydroxylation sites is 1. The molecule has 1 atom stereocenters. The van der Waals surface area contributed by atoms with Crippen molar-refractivity contribution < 1.29 is 14.8 Å². The average Bonchev–Trinajstić information content (AvgIpc) is 2.77. The Labute approximate surface area is 115 Å². The summed E-state index contributed by atoms with van der Waals surface area (Å²) in [6, 6.07) is 4.33. The third-order valence-corrected chi connectivity index (χ3v) is 3.34. The minimum atomic E-state index is -0.950. The Bertz CT molecular complexity index is 558. The molecule has 0 spiro atoms. The number of carbonyl (C=O) groups is 1. The highest BCUT2D eigenvalue weighted by atomic mass is 16.6. The first-order valence-electron chi connectivity index (χ1n) is 6.11. The van der Waals surface area contributed by atoms with Gasteiger partial charge in [0.15, 0.2) is 0 Å². The average molecular weight is 280 g/mol. The van der Waals surface area contributed by atoms with E-state index in [4.69, 9.17) is 5.84 Å². The fourth-order valence-electron chi connectivity index (χ4n) is 2.32. The minimum absolute atomic E-state index is 0.0387. The Morgan fingerprint density at radius 2 is 2.30 bits per heavy atom. The van der Waals surface area contributed by atoms with Crippen LogP contribution >= 0.6 is 0 Å². The fourth-order valence-corrected chi connectivity index (χ4v) is 2.32. The molecule has 1 aliphatic heterocycles. The SMILES string of the molecule is CC1(O)CCN(C(=O)c2cccc(NN)c2[N+](=O)[O-])C1. The molecule has 1 amide bonds. The summed E-state index contributed by atoms with van der Waals surface area (Å²) in [5.74, 6) is 4.75. The predicted molar refractivity (Wildman–Crippen MR) is 72.1 cm³/mol. The summed E-state index contributed by atoms with van der Waals surface area (Å²) >= 11 is 0. The van der Waals surface area contributed by atoms with Crippen LogP contribution in [0.2, 0.25) is 0 Å². The quantitative estimate of drug-likeness (QED) is 0.420. The van der Waals surface area contributed by atoms with Crippen LogP contribution in [-0.2, 0) is 0 Å². The van der Waals surface area contributed by atoms with Gasteiger partial charge in [0, 0.05) is 13.1 Å². The van der Waals surface area contributed by atoms with E-state index in [1.807, 2.05) is 0 Å². The van der Waals surface area contributed by atoms with Gasteiger partial charge in [0.1, 0.15) is 11.3 Å². The molecule has 1 saturated heterocycles. The molecule has 1 aliphatic rings. The monoisotopic (exact) mass is 280 g/mol. The van der Waals surface area contributed by atoms with Gasteiger partial charge in [-0.05, 0) is 25.5 Å². The molecule has 8 nitrogen and oxygen atoms in total. The van der Waals surface area contributed by atoms with E-state index in [9.17, 15) is 20.0 Å². The summed E-state index contributed by atoms with van der Waals surface area (Å²) in [7, 11) is 0. The van der Waals surface area contributed by atoms with Gasteiger partial charge in [0.05, 0.1) is 10.5 Å². The van der Waals surface area contributed by atoms with Crippen molar-refractivity contribution in [2.45, 2.75) is 18.9 Å². The van der Waals surface area contributed by atoms with Gasteiger partial charge in [0.2, 0.25) is 0 Å². The number of anilines is 1. The minimum Gasteiger partial charge on any atom is -0.388 e. The van der Waals surface area contributed by atoms with Gasteiger partial charge < -0.3 is 15.4 Å². The van der Waals surface area contributed by atoms with Crippen molar-refractivity contribution in [1.82, 2.24) is 4.90 Å². The number of benzene rings is 1. The van der Waals surface area contributed by atoms with Gasteiger partial charge in [-0.1, -0.05) is 6.07 Å². The maximum Gasteiger partial charge on any atom is 0.306 e. The molecule has 4 N–H and O–H groups in total. The van der Waals surface area contributed by atoms with E-state index in [2.05, 4.69) is 5.43 Å². The van der Waals surface area contributed by atoms with Gasteiger partial charge in [-0.15, -0.1) is 0 Å². The zero-order chi connectivity index (χ0) is 14.9. The highest BCUT2D eigenvalue weighted by Gasteiger charge is 2.36. The second kappa shape index (κ2) is 5.06. The van der Waals surface area contributed by atoms with Crippen molar-refractivity contribution >= 4 is 17.3 Å². The molecule has 1 heterocycles. The zero-order valence-corrected chi connectivity index (χ0v) is 11.0. The number of nitrogens with zero attached hydrogens (tertiary/aromatic N) is 2. The Hall–Kier alpha value is -2.19. The van der Waals surface area contributed by atoms with Crippen molar-refractivity contribution in [1.29, 1.82) is 0 Å². The molecule has 1 fully saturated rings. The van der Waals surface area contributed by atoms with E-state index >= 15 is 0 Å². The molecule has 20 heavy (non-hydrogen) atoms. The van der Waals surface area contributed by atoms with E-state index in [1.165, 1.54) is 23.1 Å². The Kier molecular flexibility index (Phi) is 3.60. The Morgan fingerprint density at radius 1 is 1.60 bits per heavy atom. The highest BCUT2D eigenvalue weighted by molar-refractivity contribution is 6.00. The summed E-state index contributed by atoms with van der Waals surface area (Å²) in [6.07, 6.45) is 0.446. The lowest BCUT2D eigenvalue weighted by Crippen LogP contribution is -2.34. The number of likely N-dealkylation sites (tertiary alicyclic amines) is 1. The molecule has 0 saturated carbocycles. The lowest BCUT2D eigenvalue weighted by Gasteiger charge is -2.19. The number of aliphatic hydroxyl groups is 1. The maximum absolute atomic E-state index is 12.4. The molecule has 2 rings (SSSR count). The van der Waals surface area contributed by atoms with Gasteiger partial charge >= 0.3 is 5.69 Å². The molecule has 108 valence electrons. The Balaban J connectivity index is 2.38. The molecule has 0 bridgehead atoms. The predicted octanol–water partition coefficient (Wildman–Crippen LogP) is 0.477. The molecule has 1 aromatic rings. The molecule has 1 unspecified atom stereocenters. The normalized spacial score (nSPS) is 21.9. The first kappa shape index (κ1) is 14.2. The molecule has 8 heteroatoms. The third-order valence-electron chi connectivity index (χ3n) is 3.34. The largest absolute Gasteiger partial charge is 0.388 e. The number of hydrazine groups is 1. The van der Waals surface area contributed by atoms with Crippen LogP contribution in [0, 0.1) is 10.1 Å². The van der Waals surface area contributed by atoms with Crippen LogP contribution in [0.15, 0.2) is 18.2 Å². The van der Waals surface area contributed by atoms with Crippen LogP contribution in [0.25, 0.3) is 0 Å². The molecule has 0 radical (unpaired) electrons. The lowest BCUT2D eigenvalue weighted by molar-refractivity contribution is -0.384. The number of β-amino-alcohol motifs (C(OH)–C–C–N with tert-alkyl or cyclic N) is 1. The van der Waals surface area contributed by atoms with Crippen molar-refractivity contribution in [3.63, 3.8) is 0 Å². The van der Waals surface area contributed by atoms with Crippen LogP contribution in [-0.4, -0.2) is 39.5 Å². The topological polar surface area (TPSA) is 122 Å². The number of nitro groups is 1. The summed E-state index contributed by atoms with van der Waals surface area (Å²) < 4.78 is 0. The summed E-state index contributed by atoms with van der Waals surface area (Å²) in [5, 5.41) is 21.0. The molecule has 0 aromatic heterocycles. The van der Waals surface area contributed by atoms with Gasteiger partial charge in [-0.25, -0.2) is 0 Å². The summed E-state index contributed by atoms with van der Waals surface area (Å²) in [4.78, 5) is 24.3. The van der Waals surface area contributed by atoms with Crippen LogP contribution in [0.5, 0.6) is 0 Å². The number of amides is 1. The molecule has 1 aromatic carbocycles. The summed E-state index contributed by atoms with van der Waals surface area (Å²) in [5.41, 5.74) is 0.949. The van der Waals surface area contributed by atoms with E-state index < -0.39 is 16.4 Å². The van der Waals surface area contributed by atoms with Gasteiger partial charge in [-0.3, -0.25) is 20.8 Å². The lowest BCUT2D eigenvalue weighted by atomic mass is 10.1. The zero-order valence-electron chi connectivity index (χ0n) is 11.0. The second-order valence-corrected chi connectivity index (χ2v) is 5.08. The van der Waals surface area contributed by atoms with E-state index in [0.29, 0.717) is 13.0 Å². The molecular weight excluding hydrogens is 264 g/mol. The highest BCUT2D eigenvalue weighted by Crippen LogP contribution is 2.30. The maximum atomic E-state index is 12.4. The van der Waals surface area contributed by atoms with Crippen LogP contribution in [0.4, 0.5) is 11.4 Å². The number of nitrogens with two attached hydrogens (primary N) is 1. The number of rotatable bonds is 3. The fraction of sp³-hybridized carbons (Fsp3) is 0.417. The molecular formula is C12H16N4O4. The van der Waals surface area contributed by atoms with Crippen LogP contribution in [0.1, 0.15) is 23.7 Å². The second-order valence-electron chi connectivity index (χ2n) is 5.08. The number of hydrogen-bond donors (Lipinski definition) is 3. The van der Waals surface area contributed by atoms with Crippen molar-refractivity contribution in [3.05, 3.63) is 33.9 Å². The number of nitrogens with one attached hydrogen (secondary N) is 1. The van der Waals surface area contributed by atoms with Gasteiger partial charge in [0.25, 0.3) is 5.91 Å².